The van der Waals surface area contributed by atoms with Gasteiger partial charge in [-0.2, -0.15) is 0 Å². The Bertz CT molecular complexity index is 992. The molecule has 0 spiro atoms. The van der Waals surface area contributed by atoms with Crippen LogP contribution in [0.3, 0.4) is 0 Å². The van der Waals surface area contributed by atoms with Crippen molar-refractivity contribution >= 4 is 62.5 Å². The van der Waals surface area contributed by atoms with Crippen molar-refractivity contribution in [2.75, 3.05) is 23.3 Å². The Morgan fingerprint density at radius 3 is 2.39 bits per heavy atom. The Morgan fingerprint density at radius 2 is 1.68 bits per heavy atom. The highest BCUT2D eigenvalue weighted by Crippen LogP contribution is 2.39. The van der Waals surface area contributed by atoms with Crippen LogP contribution in [0.5, 0.6) is 0 Å². The first-order chi connectivity index (χ1) is 13.6. The Labute approximate surface area is 176 Å². The van der Waals surface area contributed by atoms with Gasteiger partial charge in [0.15, 0.2) is 5.13 Å². The van der Waals surface area contributed by atoms with E-state index in [1.54, 1.807) is 18.3 Å². The van der Waals surface area contributed by atoms with Gasteiger partial charge < -0.3 is 10.2 Å². The fourth-order valence-corrected chi connectivity index (χ4v) is 4.84. The van der Waals surface area contributed by atoms with Crippen molar-refractivity contribution in [2.45, 2.75) is 19.3 Å². The normalized spacial score (nSPS) is 18.1. The van der Waals surface area contributed by atoms with Gasteiger partial charge in [0, 0.05) is 25.0 Å². The first-order valence-corrected chi connectivity index (χ1v) is 10.6. The SMILES string of the molecule is O=C1C(Cl)=C(c2cnc(N3CCCCC3)s2)C(=O)C(Cl)=C1Nc1ccccc1. The lowest BCUT2D eigenvalue weighted by Crippen LogP contribution is -2.29. The van der Waals surface area contributed by atoms with Crippen molar-refractivity contribution in [1.29, 1.82) is 0 Å². The molecule has 1 aliphatic heterocycles. The highest BCUT2D eigenvalue weighted by Gasteiger charge is 2.35. The quantitative estimate of drug-likeness (QED) is 0.701. The van der Waals surface area contributed by atoms with Crippen molar-refractivity contribution in [1.82, 2.24) is 4.98 Å². The van der Waals surface area contributed by atoms with Crippen LogP contribution < -0.4 is 10.2 Å². The second kappa shape index (κ2) is 8.07. The molecular weight excluding hydrogens is 417 g/mol. The minimum atomic E-state index is -0.502. The molecule has 0 unspecified atom stereocenters. The highest BCUT2D eigenvalue weighted by molar-refractivity contribution is 7.17. The van der Waals surface area contributed by atoms with Crippen LogP contribution in [0.4, 0.5) is 10.8 Å². The number of thiazole rings is 1. The molecule has 0 radical (unpaired) electrons. The Balaban J connectivity index is 1.63. The highest BCUT2D eigenvalue weighted by atomic mass is 35.5. The molecule has 1 aromatic carbocycles. The number of halogens is 2. The first kappa shape index (κ1) is 19.2. The minimum absolute atomic E-state index is 0.00705. The Kier molecular flexibility index (Phi) is 5.53. The summed E-state index contributed by atoms with van der Waals surface area (Å²) >= 11 is 14.0. The van der Waals surface area contributed by atoms with Crippen molar-refractivity contribution in [3.05, 3.63) is 57.2 Å². The average molecular weight is 434 g/mol. The first-order valence-electron chi connectivity index (χ1n) is 8.98. The molecule has 0 atom stereocenters. The maximum atomic E-state index is 12.9. The van der Waals surface area contributed by atoms with E-state index in [4.69, 9.17) is 23.2 Å². The number of aromatic nitrogens is 1. The van der Waals surface area contributed by atoms with Crippen LogP contribution >= 0.6 is 34.5 Å². The van der Waals surface area contributed by atoms with E-state index >= 15 is 0 Å². The summed E-state index contributed by atoms with van der Waals surface area (Å²) in [7, 11) is 0. The zero-order chi connectivity index (χ0) is 19.7. The zero-order valence-electron chi connectivity index (χ0n) is 14.9. The number of allylic oxidation sites excluding steroid dienone is 3. The largest absolute Gasteiger partial charge is 0.351 e. The number of carbonyl (C=O) groups is 2. The molecule has 0 amide bonds. The van der Waals surface area contributed by atoms with Gasteiger partial charge in [-0.15, -0.1) is 0 Å². The third kappa shape index (κ3) is 3.60. The van der Waals surface area contributed by atoms with Gasteiger partial charge in [0.25, 0.3) is 0 Å². The van der Waals surface area contributed by atoms with Crippen LogP contribution in [-0.4, -0.2) is 29.6 Å². The lowest BCUT2D eigenvalue weighted by Gasteiger charge is -2.25. The van der Waals surface area contributed by atoms with Gasteiger partial charge in [-0.3, -0.25) is 9.59 Å². The fraction of sp³-hybridized carbons (Fsp3) is 0.250. The number of Topliss-reactive ketones (excluding diaryl/α,β-unsaturated/α-hetero) is 2. The number of benzene rings is 1. The molecule has 1 aliphatic carbocycles. The average Bonchev–Trinajstić information content (AvgIpc) is 3.21. The predicted molar refractivity (Wildman–Crippen MR) is 114 cm³/mol. The fourth-order valence-electron chi connectivity index (χ4n) is 3.26. The van der Waals surface area contributed by atoms with Crippen molar-refractivity contribution in [2.24, 2.45) is 0 Å². The molecule has 0 bridgehead atoms. The van der Waals surface area contributed by atoms with E-state index in [-0.39, 0.29) is 21.3 Å². The molecule has 8 heteroatoms. The molecule has 2 aliphatic rings. The van der Waals surface area contributed by atoms with Crippen molar-refractivity contribution < 1.29 is 9.59 Å². The molecule has 28 heavy (non-hydrogen) atoms. The summed E-state index contributed by atoms with van der Waals surface area (Å²) in [6.45, 7) is 1.89. The maximum Gasteiger partial charge on any atom is 0.223 e. The third-order valence-corrected chi connectivity index (χ3v) is 6.50. The summed E-state index contributed by atoms with van der Waals surface area (Å²) in [5.41, 5.74) is 0.762. The molecule has 1 fully saturated rings. The van der Waals surface area contributed by atoms with Crippen molar-refractivity contribution in [3.8, 4) is 0 Å². The summed E-state index contributed by atoms with van der Waals surface area (Å²) in [6, 6.07) is 9.03. The van der Waals surface area contributed by atoms with Crippen LogP contribution in [0.1, 0.15) is 24.1 Å². The number of hydrogen-bond donors (Lipinski definition) is 1. The summed E-state index contributed by atoms with van der Waals surface area (Å²) in [5, 5.41) is 3.44. The van der Waals surface area contributed by atoms with Gasteiger partial charge in [0.05, 0.1) is 10.5 Å². The summed E-state index contributed by atoms with van der Waals surface area (Å²) in [4.78, 5) is 32.9. The van der Waals surface area contributed by atoms with Crippen LogP contribution in [0.2, 0.25) is 0 Å². The maximum absolute atomic E-state index is 12.9. The molecule has 1 N–H and O–H groups in total. The predicted octanol–water partition coefficient (Wildman–Crippen LogP) is 4.80. The summed E-state index contributed by atoms with van der Waals surface area (Å²) in [6.07, 6.45) is 5.06. The standard InChI is InChI=1S/C20H17Cl2N3O2S/c21-15-14(13-11-23-20(28-13)25-9-5-2-6-10-25)18(26)16(22)17(19(15)27)24-12-7-3-1-4-8-12/h1,3-4,7-8,11,24H,2,5-6,9-10H2. The monoisotopic (exact) mass is 433 g/mol. The molecule has 0 saturated carbocycles. The van der Waals surface area contributed by atoms with E-state index in [1.165, 1.54) is 17.8 Å². The molecule has 144 valence electrons. The van der Waals surface area contributed by atoms with Gasteiger partial charge in [-0.25, -0.2) is 4.98 Å². The molecule has 1 saturated heterocycles. The van der Waals surface area contributed by atoms with E-state index in [0.29, 0.717) is 10.6 Å². The molecule has 2 aromatic rings. The van der Waals surface area contributed by atoms with Crippen LogP contribution in [0, 0.1) is 0 Å². The zero-order valence-corrected chi connectivity index (χ0v) is 17.2. The van der Waals surface area contributed by atoms with Gasteiger partial charge in [0.2, 0.25) is 11.6 Å². The van der Waals surface area contributed by atoms with Gasteiger partial charge in [0.1, 0.15) is 15.8 Å². The lowest BCUT2D eigenvalue weighted by molar-refractivity contribution is -0.114. The van der Waals surface area contributed by atoms with Crippen molar-refractivity contribution in [3.63, 3.8) is 0 Å². The second-order valence-corrected chi connectivity index (χ2v) is 8.35. The van der Waals surface area contributed by atoms with Crippen LogP contribution in [0.25, 0.3) is 5.57 Å². The second-order valence-electron chi connectivity index (χ2n) is 6.58. The van der Waals surface area contributed by atoms with E-state index in [1.807, 2.05) is 18.2 Å². The van der Waals surface area contributed by atoms with Crippen LogP contribution in [-0.2, 0) is 9.59 Å². The lowest BCUT2D eigenvalue weighted by atomic mass is 9.99. The molecule has 1 aromatic heterocycles. The number of nitrogens with one attached hydrogen (secondary N) is 1. The summed E-state index contributed by atoms with van der Waals surface area (Å²) < 4.78 is 0. The van der Waals surface area contributed by atoms with E-state index in [0.717, 1.165) is 31.1 Å². The van der Waals surface area contributed by atoms with E-state index < -0.39 is 11.6 Å². The number of ketones is 2. The minimum Gasteiger partial charge on any atom is -0.351 e. The third-order valence-electron chi connectivity index (χ3n) is 4.70. The Hall–Kier alpha value is -2.15. The molecule has 2 heterocycles. The number of carbonyl (C=O) groups excluding carboxylic acids is 2. The van der Waals surface area contributed by atoms with Gasteiger partial charge >= 0.3 is 0 Å². The summed E-state index contributed by atoms with van der Waals surface area (Å²) in [5.74, 6) is -0.975. The number of piperidine rings is 1. The smallest absolute Gasteiger partial charge is 0.223 e. The number of anilines is 2. The van der Waals surface area contributed by atoms with E-state index in [2.05, 4.69) is 15.2 Å². The number of para-hydroxylation sites is 1. The van der Waals surface area contributed by atoms with Crippen LogP contribution in [0.15, 0.2) is 52.3 Å². The molecule has 4 rings (SSSR count). The number of nitrogens with zero attached hydrogens (tertiary/aromatic N) is 2. The number of rotatable bonds is 4. The van der Waals surface area contributed by atoms with E-state index in [9.17, 15) is 9.59 Å². The van der Waals surface area contributed by atoms with Gasteiger partial charge in [-0.1, -0.05) is 52.7 Å². The molecule has 5 nitrogen and oxygen atoms in total. The molecular formula is C20H17Cl2N3O2S. The van der Waals surface area contributed by atoms with Gasteiger partial charge in [-0.05, 0) is 31.4 Å². The topological polar surface area (TPSA) is 62.3 Å². The Morgan fingerprint density at radius 1 is 0.964 bits per heavy atom. The number of hydrogen-bond acceptors (Lipinski definition) is 6.